The van der Waals surface area contributed by atoms with Gasteiger partial charge in [-0.25, -0.2) is 15.8 Å². The fourth-order valence-electron chi connectivity index (χ4n) is 1.45. The van der Waals surface area contributed by atoms with E-state index in [0.29, 0.717) is 17.4 Å². The van der Waals surface area contributed by atoms with Crippen LogP contribution in [0.3, 0.4) is 0 Å². The largest absolute Gasteiger partial charge is 0.490 e. The van der Waals surface area contributed by atoms with Gasteiger partial charge in [0.1, 0.15) is 6.33 Å². The first-order chi connectivity index (χ1) is 8.76. The predicted octanol–water partition coefficient (Wildman–Crippen LogP) is 2.12. The Labute approximate surface area is 118 Å². The molecule has 0 atom stereocenters. The molecule has 7 heteroatoms. The zero-order valence-electron chi connectivity index (χ0n) is 9.64. The number of rotatable bonds is 4. The first-order valence-corrected chi connectivity index (χ1v) is 6.21. The zero-order valence-corrected chi connectivity index (χ0v) is 11.8. The fraction of sp³-hybridized carbons (Fsp3) is 0.0909. The third-order valence-electron chi connectivity index (χ3n) is 2.27. The molecule has 1 aromatic heterocycles. The summed E-state index contributed by atoms with van der Waals surface area (Å²) in [7, 11) is 1.54. The van der Waals surface area contributed by atoms with E-state index in [1.54, 1.807) is 7.11 Å². The van der Waals surface area contributed by atoms with Gasteiger partial charge in [-0.15, -0.1) is 0 Å². The Balaban J connectivity index is 2.37. The van der Waals surface area contributed by atoms with Crippen LogP contribution < -0.4 is 21.3 Å². The van der Waals surface area contributed by atoms with Crippen molar-refractivity contribution in [3.8, 4) is 5.75 Å². The van der Waals surface area contributed by atoms with Gasteiger partial charge in [0, 0.05) is 3.57 Å². The number of para-hydroxylation sites is 1. The van der Waals surface area contributed by atoms with E-state index in [4.69, 9.17) is 10.6 Å². The van der Waals surface area contributed by atoms with Crippen molar-refractivity contribution in [2.75, 3.05) is 17.9 Å². The highest BCUT2D eigenvalue weighted by molar-refractivity contribution is 14.1. The van der Waals surface area contributed by atoms with Crippen molar-refractivity contribution >= 4 is 39.9 Å². The van der Waals surface area contributed by atoms with Crippen molar-refractivity contribution in [2.45, 2.75) is 0 Å². The highest BCUT2D eigenvalue weighted by atomic mass is 127. The summed E-state index contributed by atoms with van der Waals surface area (Å²) in [5.41, 5.74) is 3.41. The van der Waals surface area contributed by atoms with Crippen LogP contribution in [0.5, 0.6) is 5.75 Å². The predicted molar refractivity (Wildman–Crippen MR) is 78.8 cm³/mol. The van der Waals surface area contributed by atoms with E-state index in [1.807, 2.05) is 24.3 Å². The van der Waals surface area contributed by atoms with Crippen LogP contribution in [-0.2, 0) is 0 Å². The van der Waals surface area contributed by atoms with Crippen molar-refractivity contribution in [1.29, 1.82) is 0 Å². The minimum absolute atomic E-state index is 0.431. The molecule has 4 N–H and O–H groups in total. The molecule has 0 bridgehead atoms. The second-order valence-corrected chi connectivity index (χ2v) is 4.52. The van der Waals surface area contributed by atoms with Gasteiger partial charge >= 0.3 is 0 Å². The van der Waals surface area contributed by atoms with E-state index in [1.165, 1.54) is 6.33 Å². The number of nitrogen functional groups attached to an aromatic ring is 1. The lowest BCUT2D eigenvalue weighted by Crippen LogP contribution is -2.11. The Bertz CT molecular complexity index is 549. The Morgan fingerprint density at radius 2 is 1.94 bits per heavy atom. The molecule has 18 heavy (non-hydrogen) atoms. The topological polar surface area (TPSA) is 85.1 Å². The molecular weight excluding hydrogens is 345 g/mol. The van der Waals surface area contributed by atoms with Crippen LogP contribution >= 0.6 is 22.6 Å². The molecule has 1 heterocycles. The molecule has 0 saturated heterocycles. The monoisotopic (exact) mass is 357 g/mol. The second-order valence-electron chi connectivity index (χ2n) is 3.35. The molecule has 0 amide bonds. The van der Waals surface area contributed by atoms with Gasteiger partial charge in [-0.3, -0.25) is 0 Å². The molecule has 0 spiro atoms. The molecule has 2 aromatic rings. The number of nitrogens with one attached hydrogen (secondary N) is 2. The molecule has 0 saturated carbocycles. The van der Waals surface area contributed by atoms with Crippen molar-refractivity contribution < 1.29 is 4.74 Å². The van der Waals surface area contributed by atoms with Gasteiger partial charge in [-0.1, -0.05) is 12.1 Å². The summed E-state index contributed by atoms with van der Waals surface area (Å²) in [5, 5.41) is 3.19. The summed E-state index contributed by atoms with van der Waals surface area (Å²) in [4.78, 5) is 8.13. The summed E-state index contributed by atoms with van der Waals surface area (Å²) in [6, 6.07) is 7.87. The SMILES string of the molecule is COc1c(NN)ncnc1Nc1ccccc1I. The van der Waals surface area contributed by atoms with Gasteiger partial charge in [0.25, 0.3) is 0 Å². The Morgan fingerprint density at radius 3 is 2.61 bits per heavy atom. The maximum atomic E-state index is 5.37. The first kappa shape index (κ1) is 12.8. The van der Waals surface area contributed by atoms with Crippen LogP contribution in [0, 0.1) is 3.57 Å². The van der Waals surface area contributed by atoms with Crippen molar-refractivity contribution in [3.63, 3.8) is 0 Å². The Kier molecular flexibility index (Phi) is 4.15. The smallest absolute Gasteiger partial charge is 0.205 e. The number of methoxy groups -OCH3 is 1. The average molecular weight is 357 g/mol. The molecule has 0 aliphatic heterocycles. The number of nitrogens with zero attached hydrogens (tertiary/aromatic N) is 2. The normalized spacial score (nSPS) is 9.94. The summed E-state index contributed by atoms with van der Waals surface area (Å²) >= 11 is 2.24. The van der Waals surface area contributed by atoms with Gasteiger partial charge in [0.2, 0.25) is 5.75 Å². The van der Waals surface area contributed by atoms with Gasteiger partial charge in [-0.2, -0.15) is 0 Å². The molecule has 2 rings (SSSR count). The summed E-state index contributed by atoms with van der Waals surface area (Å²) in [6.45, 7) is 0. The third kappa shape index (κ3) is 2.62. The molecule has 0 aliphatic rings. The van der Waals surface area contributed by atoms with Gasteiger partial charge in [0.15, 0.2) is 11.6 Å². The van der Waals surface area contributed by atoms with Crippen LogP contribution in [-0.4, -0.2) is 17.1 Å². The zero-order chi connectivity index (χ0) is 13.0. The summed E-state index contributed by atoms with van der Waals surface area (Å²) < 4.78 is 6.33. The van der Waals surface area contributed by atoms with E-state index in [-0.39, 0.29) is 0 Å². The summed E-state index contributed by atoms with van der Waals surface area (Å²) in [5.74, 6) is 6.83. The number of aromatic nitrogens is 2. The molecular formula is C11H12IN5O. The maximum absolute atomic E-state index is 5.37. The number of anilines is 3. The van der Waals surface area contributed by atoms with Crippen LogP contribution in [0.2, 0.25) is 0 Å². The minimum Gasteiger partial charge on any atom is -0.490 e. The van der Waals surface area contributed by atoms with Crippen molar-refractivity contribution in [1.82, 2.24) is 9.97 Å². The molecule has 0 unspecified atom stereocenters. The van der Waals surface area contributed by atoms with Crippen LogP contribution in [0.1, 0.15) is 0 Å². The van der Waals surface area contributed by atoms with E-state index in [2.05, 4.69) is 43.3 Å². The molecule has 0 radical (unpaired) electrons. The number of ether oxygens (including phenoxy) is 1. The number of halogens is 1. The first-order valence-electron chi connectivity index (χ1n) is 5.13. The highest BCUT2D eigenvalue weighted by Gasteiger charge is 2.12. The number of hydrogen-bond donors (Lipinski definition) is 3. The number of nitrogens with two attached hydrogens (primary N) is 1. The van der Waals surface area contributed by atoms with E-state index < -0.39 is 0 Å². The van der Waals surface area contributed by atoms with Gasteiger partial charge < -0.3 is 15.5 Å². The molecule has 0 aliphatic carbocycles. The minimum atomic E-state index is 0.431. The quantitative estimate of drug-likeness (QED) is 0.442. The van der Waals surface area contributed by atoms with Crippen molar-refractivity contribution in [3.05, 3.63) is 34.2 Å². The van der Waals surface area contributed by atoms with Gasteiger partial charge in [-0.05, 0) is 34.7 Å². The van der Waals surface area contributed by atoms with Crippen LogP contribution in [0.15, 0.2) is 30.6 Å². The van der Waals surface area contributed by atoms with E-state index >= 15 is 0 Å². The van der Waals surface area contributed by atoms with Crippen molar-refractivity contribution in [2.24, 2.45) is 5.84 Å². The highest BCUT2D eigenvalue weighted by Crippen LogP contribution is 2.31. The molecule has 1 aromatic carbocycles. The fourth-order valence-corrected chi connectivity index (χ4v) is 1.97. The standard InChI is InChI=1S/C11H12IN5O/c1-18-9-10(14-6-15-11(9)17-13)16-8-5-3-2-4-7(8)12/h2-6H,13H2,1H3,(H2,14,15,16,17). The van der Waals surface area contributed by atoms with E-state index in [0.717, 1.165) is 9.26 Å². The Hall–Kier alpha value is -1.61. The molecule has 94 valence electrons. The number of hydrazine groups is 1. The lowest BCUT2D eigenvalue weighted by atomic mass is 10.3. The second kappa shape index (κ2) is 5.83. The summed E-state index contributed by atoms with van der Waals surface area (Å²) in [6.07, 6.45) is 1.41. The molecule has 0 fully saturated rings. The van der Waals surface area contributed by atoms with E-state index in [9.17, 15) is 0 Å². The number of benzene rings is 1. The molecule has 6 nitrogen and oxygen atoms in total. The van der Waals surface area contributed by atoms with Gasteiger partial charge in [0.05, 0.1) is 12.8 Å². The van der Waals surface area contributed by atoms with Crippen LogP contribution in [0.4, 0.5) is 17.3 Å². The average Bonchev–Trinajstić information content (AvgIpc) is 2.41. The third-order valence-corrected chi connectivity index (χ3v) is 3.21. The Morgan fingerprint density at radius 1 is 1.22 bits per heavy atom. The number of hydrogen-bond acceptors (Lipinski definition) is 6. The maximum Gasteiger partial charge on any atom is 0.205 e. The lowest BCUT2D eigenvalue weighted by molar-refractivity contribution is 0.415. The van der Waals surface area contributed by atoms with Crippen LogP contribution in [0.25, 0.3) is 0 Å². The lowest BCUT2D eigenvalue weighted by Gasteiger charge is -2.13.